The fraction of sp³-hybridized carbons (Fsp3) is 0.154. The number of nitrogen functional groups attached to an aromatic ring is 1. The molecule has 0 aliphatic carbocycles. The molecule has 0 aliphatic heterocycles. The number of furan rings is 1. The zero-order chi connectivity index (χ0) is 13.1. The lowest BCUT2D eigenvalue weighted by atomic mass is 10.2. The van der Waals surface area contributed by atoms with Gasteiger partial charge >= 0.3 is 5.97 Å². The van der Waals surface area contributed by atoms with Crippen molar-refractivity contribution in [2.24, 2.45) is 0 Å². The average molecular weight is 263 g/mol. The number of benzene rings is 1. The van der Waals surface area contributed by atoms with E-state index in [1.165, 1.54) is 24.1 Å². The number of anilines is 1. The summed E-state index contributed by atoms with van der Waals surface area (Å²) >= 11 is 1.47. The van der Waals surface area contributed by atoms with Crippen LogP contribution in [-0.4, -0.2) is 11.1 Å². The Morgan fingerprint density at radius 2 is 2.22 bits per heavy atom. The van der Waals surface area contributed by atoms with Crippen molar-refractivity contribution in [2.75, 3.05) is 5.73 Å². The maximum Gasteiger partial charge on any atom is 0.339 e. The molecule has 3 N–H and O–H groups in total. The normalized spacial score (nSPS) is 10.5. The van der Waals surface area contributed by atoms with E-state index in [0.29, 0.717) is 11.5 Å². The molecule has 2 aromatic rings. The predicted octanol–water partition coefficient (Wildman–Crippen LogP) is 3.16. The number of thioether (sulfide) groups is 1. The lowest BCUT2D eigenvalue weighted by Crippen LogP contribution is -1.98. The Bertz CT molecular complexity index is 577. The van der Waals surface area contributed by atoms with E-state index in [2.05, 4.69) is 0 Å². The average Bonchev–Trinajstić information content (AvgIpc) is 2.79. The molecule has 1 heterocycles. The summed E-state index contributed by atoms with van der Waals surface area (Å²) in [5.41, 5.74) is 7.89. The van der Waals surface area contributed by atoms with E-state index >= 15 is 0 Å². The molecule has 1 aromatic carbocycles. The standard InChI is InChI=1S/C13H13NO3S/c1-8-3-2-4-11(12(8)14)18-7-10-9(13(15)16)5-6-17-10/h2-6H,7,14H2,1H3,(H,15,16). The third-order valence-corrected chi connectivity index (χ3v) is 3.69. The number of hydrogen-bond acceptors (Lipinski definition) is 4. The maximum atomic E-state index is 10.9. The van der Waals surface area contributed by atoms with E-state index in [-0.39, 0.29) is 5.56 Å². The molecule has 0 bridgehead atoms. The Balaban J connectivity index is 2.14. The van der Waals surface area contributed by atoms with Gasteiger partial charge in [-0.05, 0) is 24.6 Å². The molecule has 94 valence electrons. The monoisotopic (exact) mass is 263 g/mol. The van der Waals surface area contributed by atoms with Crippen molar-refractivity contribution < 1.29 is 14.3 Å². The number of aryl methyl sites for hydroxylation is 1. The lowest BCUT2D eigenvalue weighted by molar-refractivity contribution is 0.0695. The van der Waals surface area contributed by atoms with E-state index in [1.54, 1.807) is 0 Å². The molecule has 0 aliphatic rings. The number of nitrogens with two attached hydrogens (primary N) is 1. The van der Waals surface area contributed by atoms with Crippen LogP contribution in [0.1, 0.15) is 21.7 Å². The Morgan fingerprint density at radius 3 is 2.94 bits per heavy atom. The molecular weight excluding hydrogens is 250 g/mol. The van der Waals surface area contributed by atoms with Crippen molar-refractivity contribution in [1.29, 1.82) is 0 Å². The lowest BCUT2D eigenvalue weighted by Gasteiger charge is -2.07. The molecular formula is C13H13NO3S. The van der Waals surface area contributed by atoms with Crippen molar-refractivity contribution in [3.63, 3.8) is 0 Å². The van der Waals surface area contributed by atoms with E-state index < -0.39 is 5.97 Å². The zero-order valence-corrected chi connectivity index (χ0v) is 10.7. The smallest absolute Gasteiger partial charge is 0.339 e. The van der Waals surface area contributed by atoms with Gasteiger partial charge in [0.1, 0.15) is 11.3 Å². The van der Waals surface area contributed by atoms with Crippen LogP contribution in [0.5, 0.6) is 0 Å². The van der Waals surface area contributed by atoms with Crippen molar-refractivity contribution >= 4 is 23.4 Å². The second-order valence-electron chi connectivity index (χ2n) is 3.84. The minimum atomic E-state index is -0.975. The summed E-state index contributed by atoms with van der Waals surface area (Å²) in [6.07, 6.45) is 1.39. The Kier molecular flexibility index (Phi) is 3.62. The molecule has 0 spiro atoms. The van der Waals surface area contributed by atoms with E-state index in [0.717, 1.165) is 16.1 Å². The second kappa shape index (κ2) is 5.18. The molecule has 0 unspecified atom stereocenters. The molecule has 0 atom stereocenters. The first-order valence-corrected chi connectivity index (χ1v) is 6.35. The molecule has 0 radical (unpaired) electrons. The first-order chi connectivity index (χ1) is 8.59. The van der Waals surface area contributed by atoms with Gasteiger partial charge in [-0.25, -0.2) is 4.79 Å². The summed E-state index contributed by atoms with van der Waals surface area (Å²) in [5, 5.41) is 8.96. The van der Waals surface area contributed by atoms with Crippen LogP contribution in [0.3, 0.4) is 0 Å². The number of para-hydroxylation sites is 1. The fourth-order valence-corrected chi connectivity index (χ4v) is 2.57. The molecule has 4 nitrogen and oxygen atoms in total. The Hall–Kier alpha value is -1.88. The number of carboxylic acids is 1. The van der Waals surface area contributed by atoms with Gasteiger partial charge in [-0.3, -0.25) is 0 Å². The van der Waals surface area contributed by atoms with Crippen LogP contribution in [0.4, 0.5) is 5.69 Å². The van der Waals surface area contributed by atoms with Gasteiger partial charge in [-0.15, -0.1) is 11.8 Å². The highest BCUT2D eigenvalue weighted by atomic mass is 32.2. The van der Waals surface area contributed by atoms with Gasteiger partial charge in [0.05, 0.1) is 12.0 Å². The van der Waals surface area contributed by atoms with Gasteiger partial charge in [0.2, 0.25) is 0 Å². The summed E-state index contributed by atoms with van der Waals surface area (Å²) in [4.78, 5) is 11.9. The van der Waals surface area contributed by atoms with Gasteiger partial charge in [0, 0.05) is 10.6 Å². The van der Waals surface area contributed by atoms with Gasteiger partial charge in [0.15, 0.2) is 0 Å². The van der Waals surface area contributed by atoms with E-state index in [9.17, 15) is 4.79 Å². The highest BCUT2D eigenvalue weighted by Crippen LogP contribution is 2.31. The first kappa shape index (κ1) is 12.6. The zero-order valence-electron chi connectivity index (χ0n) is 9.84. The summed E-state index contributed by atoms with van der Waals surface area (Å²) in [6.45, 7) is 1.94. The fourth-order valence-electron chi connectivity index (χ4n) is 1.57. The van der Waals surface area contributed by atoms with Crippen LogP contribution in [-0.2, 0) is 5.75 Å². The summed E-state index contributed by atoms with van der Waals surface area (Å²) in [5.74, 6) is -0.0765. The molecule has 0 fully saturated rings. The van der Waals surface area contributed by atoms with Crippen LogP contribution in [0.2, 0.25) is 0 Å². The van der Waals surface area contributed by atoms with Gasteiger partial charge in [-0.2, -0.15) is 0 Å². The van der Waals surface area contributed by atoms with Gasteiger partial charge < -0.3 is 15.3 Å². The third-order valence-electron chi connectivity index (χ3n) is 2.62. The second-order valence-corrected chi connectivity index (χ2v) is 4.86. The summed E-state index contributed by atoms with van der Waals surface area (Å²) in [7, 11) is 0. The van der Waals surface area contributed by atoms with Gasteiger partial charge in [-0.1, -0.05) is 12.1 Å². The molecule has 0 saturated carbocycles. The molecule has 0 saturated heterocycles. The number of carbonyl (C=O) groups is 1. The van der Waals surface area contributed by atoms with E-state index in [1.807, 2.05) is 25.1 Å². The SMILES string of the molecule is Cc1cccc(SCc2occc2C(=O)O)c1N. The van der Waals surface area contributed by atoms with Crippen LogP contribution >= 0.6 is 11.8 Å². The summed E-state index contributed by atoms with van der Waals surface area (Å²) in [6, 6.07) is 7.23. The van der Waals surface area contributed by atoms with Crippen LogP contribution in [0.15, 0.2) is 39.8 Å². The highest BCUT2D eigenvalue weighted by molar-refractivity contribution is 7.98. The minimum Gasteiger partial charge on any atom is -0.478 e. The third kappa shape index (κ3) is 2.51. The van der Waals surface area contributed by atoms with Crippen molar-refractivity contribution in [1.82, 2.24) is 0 Å². The largest absolute Gasteiger partial charge is 0.478 e. The molecule has 5 heteroatoms. The number of hydrogen-bond donors (Lipinski definition) is 2. The van der Waals surface area contributed by atoms with Crippen LogP contribution in [0.25, 0.3) is 0 Å². The minimum absolute atomic E-state index is 0.203. The molecule has 0 amide bonds. The quantitative estimate of drug-likeness (QED) is 0.654. The van der Waals surface area contributed by atoms with Crippen molar-refractivity contribution in [3.8, 4) is 0 Å². The maximum absolute atomic E-state index is 10.9. The van der Waals surface area contributed by atoms with Crippen LogP contribution in [0, 0.1) is 6.92 Å². The van der Waals surface area contributed by atoms with Crippen molar-refractivity contribution in [3.05, 3.63) is 47.4 Å². The Morgan fingerprint density at radius 1 is 1.44 bits per heavy atom. The molecule has 1 aromatic heterocycles. The summed E-state index contributed by atoms with van der Waals surface area (Å²) < 4.78 is 5.18. The van der Waals surface area contributed by atoms with E-state index in [4.69, 9.17) is 15.3 Å². The molecule has 2 rings (SSSR count). The highest BCUT2D eigenvalue weighted by Gasteiger charge is 2.14. The van der Waals surface area contributed by atoms with Crippen LogP contribution < -0.4 is 5.73 Å². The predicted molar refractivity (Wildman–Crippen MR) is 70.8 cm³/mol. The topological polar surface area (TPSA) is 76.5 Å². The number of carboxylic acid groups (broad SMARTS) is 1. The van der Waals surface area contributed by atoms with Gasteiger partial charge in [0.25, 0.3) is 0 Å². The molecule has 18 heavy (non-hydrogen) atoms. The number of aromatic carboxylic acids is 1. The number of rotatable bonds is 4. The first-order valence-electron chi connectivity index (χ1n) is 5.37. The Labute approximate surface area is 109 Å². The van der Waals surface area contributed by atoms with Crippen molar-refractivity contribution in [2.45, 2.75) is 17.6 Å².